The molecular formula is C70H125N11O15S. The van der Waals surface area contributed by atoms with Gasteiger partial charge in [0.2, 0.25) is 59.1 Å². The fourth-order valence-corrected chi connectivity index (χ4v) is 13.1. The van der Waals surface area contributed by atoms with Gasteiger partial charge in [0.05, 0.1) is 31.4 Å². The molecule has 0 bridgehead atoms. The molecule has 0 radical (unpaired) electrons. The number of likely N-dealkylation sites (N-methyl/N-ethyl adjacent to an activating group) is 7. The number of aliphatic hydroxyl groups excluding tert-OH is 1. The predicted octanol–water partition coefficient (Wildman–Crippen LogP) is 3.87. The molecule has 0 aromatic carbocycles. The maximum atomic E-state index is 15.4. The number of rotatable bonds is 22. The largest absolute Gasteiger partial charge is 0.469 e. The minimum atomic E-state index is -1.67. The van der Waals surface area contributed by atoms with Crippen LogP contribution in [0.5, 0.6) is 0 Å². The summed E-state index contributed by atoms with van der Waals surface area (Å²) in [6.45, 7) is 28.4. The third-order valence-corrected chi connectivity index (χ3v) is 19.1. The van der Waals surface area contributed by atoms with E-state index in [1.165, 1.54) is 125 Å². The number of unbranched alkanes of at least 4 members (excludes halogenated alkanes) is 1. The Bertz CT molecular complexity index is 2670. The van der Waals surface area contributed by atoms with Crippen LogP contribution in [0.15, 0.2) is 12.2 Å². The highest BCUT2D eigenvalue weighted by Gasteiger charge is 2.46. The van der Waals surface area contributed by atoms with Crippen LogP contribution in [0.25, 0.3) is 0 Å². The zero-order valence-corrected chi connectivity index (χ0v) is 64.1. The van der Waals surface area contributed by atoms with E-state index in [2.05, 4.69) is 21.3 Å². The van der Waals surface area contributed by atoms with Crippen molar-refractivity contribution >= 4 is 82.6 Å². The highest BCUT2D eigenvalue weighted by atomic mass is 32.2. The Kier molecular flexibility index (Phi) is 37.9. The van der Waals surface area contributed by atoms with E-state index in [0.29, 0.717) is 18.6 Å². The molecular weight excluding hydrogens is 1270 g/mol. The molecule has 0 aromatic heterocycles. The second kappa shape index (κ2) is 41.4. The molecule has 0 unspecified atom stereocenters. The third kappa shape index (κ3) is 27.1. The van der Waals surface area contributed by atoms with Gasteiger partial charge in [0.25, 0.3) is 0 Å². The molecule has 1 heterocycles. The number of esters is 1. The quantitative estimate of drug-likeness (QED) is 0.0509. The summed E-state index contributed by atoms with van der Waals surface area (Å²) >= 11 is 1.33. The van der Waals surface area contributed by atoms with Crippen molar-refractivity contribution in [1.82, 2.24) is 55.6 Å². The first-order valence-corrected chi connectivity index (χ1v) is 35.7. The van der Waals surface area contributed by atoms with Gasteiger partial charge in [-0.1, -0.05) is 95.2 Å². The van der Waals surface area contributed by atoms with E-state index in [-0.39, 0.29) is 74.4 Å². The highest BCUT2D eigenvalue weighted by Crippen LogP contribution is 2.27. The molecule has 97 heavy (non-hydrogen) atoms. The summed E-state index contributed by atoms with van der Waals surface area (Å²) < 4.78 is 4.80. The number of allylic oxidation sites excluding steroid dienone is 2. The zero-order valence-electron chi connectivity index (χ0n) is 63.3. The van der Waals surface area contributed by atoms with Gasteiger partial charge in [-0.2, -0.15) is 11.8 Å². The van der Waals surface area contributed by atoms with Gasteiger partial charge in [0.15, 0.2) is 5.78 Å². The maximum absolute atomic E-state index is 15.4. The first-order chi connectivity index (χ1) is 44.8. The summed E-state index contributed by atoms with van der Waals surface area (Å²) in [5.74, 6) is -9.98. The molecule has 27 heteroatoms. The van der Waals surface area contributed by atoms with Gasteiger partial charge in [-0.05, 0) is 128 Å². The van der Waals surface area contributed by atoms with Crippen molar-refractivity contribution < 1.29 is 72.5 Å². The number of carbonyl (C=O) groups is 12. The summed E-state index contributed by atoms with van der Waals surface area (Å²) in [6, 6.07) is -14.1. The molecule has 0 spiro atoms. The summed E-state index contributed by atoms with van der Waals surface area (Å²) in [5, 5.41) is 34.7. The van der Waals surface area contributed by atoms with Gasteiger partial charge in [0.1, 0.15) is 60.4 Å². The Morgan fingerprint density at radius 2 is 1.05 bits per heavy atom. The molecule has 1 aliphatic heterocycles. The Morgan fingerprint density at radius 3 is 1.54 bits per heavy atom. The van der Waals surface area contributed by atoms with Crippen LogP contribution in [0.1, 0.15) is 175 Å². The SMILES string of the molecule is CC=CC[C@@H](C)[C@@H](O)[C@H]1C(=O)N[C@@H](CC)C(=O)N(C)[C@H](CSCCCCC(=O)OC)C(=O)CN(C)[C@@H](CC(C)(C)O)C(=O)N[C@@H](C(C)C)C(=O)N(C)[C@@H](CC(C)C)C(=O)N[C@@H](C)C(=O)N[C@H](C)C(=O)N(C)[C@@H](CC(C)C)C(=O)N(C)[C@@H](CC(C)C)C(=O)N(C)[C@@H](C(C)C)C(=O)N1C. The zero-order chi connectivity index (χ0) is 75.0. The standard InChI is InChI=1S/C70H125N11O15S/c1-26-28-31-45(13)59(84)58-63(88)73-48(27-2)65(90)79(22)53(39-97-33-30-29-32-55(83)96-25)54(82)38-75(18)52(37-70(16,17)95)62(87)74-56(43(9)10)68(93)76(19)49(34-40(3)4)61(86)71-46(14)60(85)72-47(15)64(89)77(20)50(35-41(5)6)66(91)78(21)51(36-42(7)8)67(92)80(23)57(44(11)12)69(94)81(58)24/h26,28,40-53,56-59,84,95H,27,29-39H2,1-25H3,(H,71,86)(H,72,85)(H,73,88)(H,74,87)/t45-,46+,47-,48+,49+,50+,51+,52+,53-,56+,57+,58+,59-/m1/s1. The maximum Gasteiger partial charge on any atom is 0.305 e. The molecule has 1 aliphatic rings. The predicted molar refractivity (Wildman–Crippen MR) is 377 cm³/mol. The van der Waals surface area contributed by atoms with E-state index in [1.54, 1.807) is 60.6 Å². The van der Waals surface area contributed by atoms with E-state index < -0.39 is 167 Å². The molecule has 0 aromatic rings. The molecule has 13 atom stereocenters. The number of carbonyl (C=O) groups excluding carboxylic acids is 12. The number of amides is 10. The fraction of sp³-hybridized carbons (Fsp3) is 0.800. The van der Waals surface area contributed by atoms with Crippen molar-refractivity contribution in [3.05, 3.63) is 12.2 Å². The smallest absolute Gasteiger partial charge is 0.305 e. The summed E-state index contributed by atoms with van der Waals surface area (Å²) in [4.78, 5) is 184. The average molecular weight is 1390 g/mol. The van der Waals surface area contributed by atoms with Gasteiger partial charge < -0.3 is 65.6 Å². The van der Waals surface area contributed by atoms with Gasteiger partial charge >= 0.3 is 5.97 Å². The van der Waals surface area contributed by atoms with Crippen molar-refractivity contribution in [2.24, 2.45) is 35.5 Å². The summed E-state index contributed by atoms with van der Waals surface area (Å²) in [6.07, 6.45) is 3.58. The van der Waals surface area contributed by atoms with Crippen molar-refractivity contribution in [3.8, 4) is 0 Å². The topological polar surface area (TPSA) is 325 Å². The van der Waals surface area contributed by atoms with Crippen LogP contribution in [-0.4, -0.2) is 268 Å². The lowest BCUT2D eigenvalue weighted by atomic mass is 9.91. The Hall–Kier alpha value is -6.19. The van der Waals surface area contributed by atoms with E-state index in [9.17, 15) is 39.0 Å². The third-order valence-electron chi connectivity index (χ3n) is 18.0. The highest BCUT2D eigenvalue weighted by molar-refractivity contribution is 7.99. The number of hydrogen-bond donors (Lipinski definition) is 6. The molecule has 10 amide bonds. The molecule has 0 saturated carbocycles. The number of nitrogens with one attached hydrogen (secondary N) is 4. The van der Waals surface area contributed by atoms with Crippen LogP contribution in [0.3, 0.4) is 0 Å². The monoisotopic (exact) mass is 1390 g/mol. The van der Waals surface area contributed by atoms with Gasteiger partial charge in [-0.15, -0.1) is 0 Å². The van der Waals surface area contributed by atoms with Gasteiger partial charge in [-0.25, -0.2) is 0 Å². The number of nitrogens with zero attached hydrogens (tertiary/aromatic N) is 7. The Labute approximate surface area is 584 Å². The first kappa shape index (κ1) is 88.8. The van der Waals surface area contributed by atoms with Crippen LogP contribution >= 0.6 is 11.8 Å². The van der Waals surface area contributed by atoms with Gasteiger partial charge in [0, 0.05) is 60.9 Å². The molecule has 6 N–H and O–H groups in total. The van der Waals surface area contributed by atoms with Crippen molar-refractivity contribution in [1.29, 1.82) is 0 Å². The number of hydrogen-bond acceptors (Lipinski definition) is 17. The average Bonchev–Trinajstić information content (AvgIpc) is 0.848. The molecule has 0 aliphatic carbocycles. The van der Waals surface area contributed by atoms with Crippen molar-refractivity contribution in [3.63, 3.8) is 0 Å². The van der Waals surface area contributed by atoms with Crippen LogP contribution in [-0.2, 0) is 62.3 Å². The Balaban J connectivity index is 4.51. The minimum Gasteiger partial charge on any atom is -0.469 e. The van der Waals surface area contributed by atoms with Crippen LogP contribution in [0.2, 0.25) is 0 Å². The van der Waals surface area contributed by atoms with Crippen LogP contribution in [0.4, 0.5) is 0 Å². The van der Waals surface area contributed by atoms with Crippen molar-refractivity contribution in [2.45, 2.75) is 254 Å². The summed E-state index contributed by atoms with van der Waals surface area (Å²) in [7, 11) is 11.3. The lowest BCUT2D eigenvalue weighted by Crippen LogP contribution is -2.64. The lowest BCUT2D eigenvalue weighted by Gasteiger charge is -2.41. The number of aliphatic hydroxyl groups is 2. The number of thioether (sulfide) groups is 1. The van der Waals surface area contributed by atoms with Crippen LogP contribution in [0, 0.1) is 35.5 Å². The fourth-order valence-electron chi connectivity index (χ4n) is 11.9. The first-order valence-electron chi connectivity index (χ1n) is 34.6. The van der Waals surface area contributed by atoms with Crippen molar-refractivity contribution in [2.75, 3.05) is 74.5 Å². The van der Waals surface area contributed by atoms with E-state index in [1.807, 2.05) is 41.5 Å². The second-order valence-electron chi connectivity index (χ2n) is 29.2. The number of ether oxygens (including phenoxy) is 1. The molecule has 556 valence electrons. The normalized spacial score (nSPS) is 26.2. The summed E-state index contributed by atoms with van der Waals surface area (Å²) in [5.41, 5.74) is -1.52. The van der Waals surface area contributed by atoms with E-state index in [4.69, 9.17) is 4.74 Å². The second-order valence-corrected chi connectivity index (χ2v) is 30.4. The Morgan fingerprint density at radius 1 is 0.577 bits per heavy atom. The minimum absolute atomic E-state index is 0.0188. The number of methoxy groups -OCH3 is 1. The van der Waals surface area contributed by atoms with E-state index in [0.717, 1.165) is 4.90 Å². The molecule has 1 fully saturated rings. The number of ketones is 1. The molecule has 1 saturated heterocycles. The van der Waals surface area contributed by atoms with Gasteiger partial charge in [-0.3, -0.25) is 62.4 Å². The molecule has 1 rings (SSSR count). The number of Topliss-reactive ketones (excluding diaryl/α,β-unsaturated/α-hetero) is 1. The molecule has 26 nitrogen and oxygen atoms in total. The van der Waals surface area contributed by atoms with E-state index >= 15 is 28.8 Å². The lowest BCUT2D eigenvalue weighted by molar-refractivity contribution is -0.157. The van der Waals surface area contributed by atoms with Crippen LogP contribution < -0.4 is 21.3 Å².